The first-order valence-electron chi connectivity index (χ1n) is 11.1. The second-order valence-electron chi connectivity index (χ2n) is 8.51. The first-order chi connectivity index (χ1) is 16.2. The van der Waals surface area contributed by atoms with E-state index in [-0.39, 0.29) is 17.0 Å². The van der Waals surface area contributed by atoms with E-state index >= 15 is 0 Å². The molecule has 2 aromatic heterocycles. The lowest BCUT2D eigenvalue weighted by atomic mass is 10.1. The van der Waals surface area contributed by atoms with Gasteiger partial charge in [0.25, 0.3) is 5.56 Å². The Hall–Kier alpha value is -3.49. The fourth-order valence-electron chi connectivity index (χ4n) is 3.83. The molecule has 0 radical (unpaired) electrons. The van der Waals surface area contributed by atoms with Crippen molar-refractivity contribution in [3.8, 4) is 5.69 Å². The summed E-state index contributed by atoms with van der Waals surface area (Å²) < 4.78 is 32.0. The van der Waals surface area contributed by atoms with Gasteiger partial charge in [-0.3, -0.25) is 9.36 Å². The van der Waals surface area contributed by atoms with Crippen molar-refractivity contribution >= 4 is 10.0 Å². The third kappa shape index (κ3) is 5.35. The van der Waals surface area contributed by atoms with Crippen LogP contribution in [0.5, 0.6) is 0 Å². The Labute approximate surface area is 199 Å². The highest BCUT2D eigenvalue weighted by Crippen LogP contribution is 2.18. The monoisotopic (exact) mass is 476 g/mol. The van der Waals surface area contributed by atoms with E-state index in [0.717, 1.165) is 16.8 Å². The Balaban J connectivity index is 1.43. The molecule has 2 aromatic carbocycles. The molecule has 0 atom stereocenters. The Morgan fingerprint density at radius 3 is 2.41 bits per heavy atom. The number of aromatic nitrogens is 3. The van der Waals surface area contributed by atoms with Crippen LogP contribution in [0.3, 0.4) is 0 Å². The van der Waals surface area contributed by atoms with Crippen LogP contribution < -0.4 is 10.3 Å². The van der Waals surface area contributed by atoms with Crippen LogP contribution in [0, 0.1) is 20.8 Å². The van der Waals surface area contributed by atoms with Gasteiger partial charge in [0.2, 0.25) is 10.0 Å². The van der Waals surface area contributed by atoms with Crippen LogP contribution in [-0.4, -0.2) is 29.1 Å². The highest BCUT2D eigenvalue weighted by molar-refractivity contribution is 7.89. The zero-order valence-corrected chi connectivity index (χ0v) is 20.3. The number of rotatable bonds is 8. The molecule has 0 aliphatic carbocycles. The molecule has 0 saturated heterocycles. The number of sulfonamides is 1. The number of nitrogens with zero attached hydrogens (tertiary/aromatic N) is 3. The van der Waals surface area contributed by atoms with E-state index < -0.39 is 10.0 Å². The summed E-state index contributed by atoms with van der Waals surface area (Å²) in [6.07, 6.45) is 5.74. The minimum absolute atomic E-state index is 0.154. The van der Waals surface area contributed by atoms with Gasteiger partial charge in [-0.2, -0.15) is 0 Å². The maximum Gasteiger partial charge on any atom is 0.255 e. The molecule has 0 aliphatic heterocycles. The summed E-state index contributed by atoms with van der Waals surface area (Å²) in [5, 5.41) is 0. The lowest BCUT2D eigenvalue weighted by molar-refractivity contribution is 0.580. The van der Waals surface area contributed by atoms with Crippen LogP contribution in [0.1, 0.15) is 27.9 Å². The largest absolute Gasteiger partial charge is 0.330 e. The Morgan fingerprint density at radius 2 is 1.71 bits per heavy atom. The molecule has 4 rings (SSSR count). The van der Waals surface area contributed by atoms with Crippen LogP contribution >= 0.6 is 0 Å². The topological polar surface area (TPSA) is 86.0 Å². The van der Waals surface area contributed by atoms with Gasteiger partial charge >= 0.3 is 0 Å². The van der Waals surface area contributed by atoms with E-state index in [1.165, 1.54) is 16.2 Å². The molecule has 0 spiro atoms. The summed E-state index contributed by atoms with van der Waals surface area (Å²) in [7, 11) is -3.70. The van der Waals surface area contributed by atoms with E-state index in [9.17, 15) is 13.2 Å². The van der Waals surface area contributed by atoms with Gasteiger partial charge < -0.3 is 4.57 Å². The van der Waals surface area contributed by atoms with Crippen molar-refractivity contribution in [3.63, 3.8) is 0 Å². The van der Waals surface area contributed by atoms with Gasteiger partial charge in [0.05, 0.1) is 16.9 Å². The van der Waals surface area contributed by atoms with Gasteiger partial charge in [-0.1, -0.05) is 29.8 Å². The fourth-order valence-corrected chi connectivity index (χ4v) is 4.94. The maximum absolute atomic E-state index is 12.9. The summed E-state index contributed by atoms with van der Waals surface area (Å²) in [5.74, 6) is 0. The van der Waals surface area contributed by atoms with Gasteiger partial charge in [0, 0.05) is 43.7 Å². The van der Waals surface area contributed by atoms with Crippen molar-refractivity contribution in [2.75, 3.05) is 6.54 Å². The standard InChI is InChI=1S/C26H28N4O3S/c1-19-4-6-22(7-5-19)17-29-18-27-16-23(29)10-12-28-34(32,33)24-8-9-25(21(3)15-24)30-13-11-20(2)14-26(30)31/h4-9,11,13-16,18,28H,10,12,17H2,1-3H3. The van der Waals surface area contributed by atoms with Crippen molar-refractivity contribution in [1.82, 2.24) is 18.8 Å². The molecule has 4 aromatic rings. The van der Waals surface area contributed by atoms with Crippen LogP contribution in [0.15, 0.2) is 83.0 Å². The molecule has 2 heterocycles. The molecule has 176 valence electrons. The number of pyridine rings is 1. The number of hydrogen-bond acceptors (Lipinski definition) is 4. The van der Waals surface area contributed by atoms with E-state index in [0.29, 0.717) is 24.2 Å². The fraction of sp³-hybridized carbons (Fsp3) is 0.231. The second-order valence-corrected chi connectivity index (χ2v) is 10.3. The summed E-state index contributed by atoms with van der Waals surface area (Å²) in [4.78, 5) is 16.7. The van der Waals surface area contributed by atoms with E-state index in [1.54, 1.807) is 43.8 Å². The Kier molecular flexibility index (Phi) is 6.81. The SMILES string of the molecule is Cc1ccc(Cn2cncc2CCNS(=O)(=O)c2ccc(-n3ccc(C)cc3=O)c(C)c2)cc1. The van der Waals surface area contributed by atoms with Gasteiger partial charge in [0.15, 0.2) is 0 Å². The van der Waals surface area contributed by atoms with Crippen molar-refractivity contribution in [2.24, 2.45) is 0 Å². The van der Waals surface area contributed by atoms with Crippen molar-refractivity contribution in [3.05, 3.63) is 112 Å². The maximum atomic E-state index is 12.9. The van der Waals surface area contributed by atoms with Crippen molar-refractivity contribution in [2.45, 2.75) is 38.6 Å². The molecule has 1 N–H and O–H groups in total. The lowest BCUT2D eigenvalue weighted by Crippen LogP contribution is -2.27. The van der Waals surface area contributed by atoms with Crippen LogP contribution in [0.4, 0.5) is 0 Å². The first-order valence-corrected chi connectivity index (χ1v) is 12.6. The smallest absolute Gasteiger partial charge is 0.255 e. The summed E-state index contributed by atoms with van der Waals surface area (Å²) >= 11 is 0. The molecule has 0 aliphatic rings. The molecule has 34 heavy (non-hydrogen) atoms. The highest BCUT2D eigenvalue weighted by Gasteiger charge is 2.16. The normalized spacial score (nSPS) is 11.6. The zero-order chi connectivity index (χ0) is 24.3. The van der Waals surface area contributed by atoms with Gasteiger partial charge in [-0.15, -0.1) is 0 Å². The van der Waals surface area contributed by atoms with E-state index in [1.807, 2.05) is 17.6 Å². The predicted molar refractivity (Wildman–Crippen MR) is 133 cm³/mol. The van der Waals surface area contributed by atoms with E-state index in [4.69, 9.17) is 0 Å². The van der Waals surface area contributed by atoms with Crippen LogP contribution in [0.2, 0.25) is 0 Å². The number of benzene rings is 2. The Bertz CT molecular complexity index is 1470. The first kappa shape index (κ1) is 23.7. The molecule has 7 nitrogen and oxygen atoms in total. The third-order valence-corrected chi connectivity index (χ3v) is 7.22. The summed E-state index contributed by atoms with van der Waals surface area (Å²) in [6, 6.07) is 16.5. The van der Waals surface area contributed by atoms with Crippen LogP contribution in [-0.2, 0) is 23.0 Å². The molecular weight excluding hydrogens is 448 g/mol. The van der Waals surface area contributed by atoms with Crippen molar-refractivity contribution < 1.29 is 8.42 Å². The average molecular weight is 477 g/mol. The quantitative estimate of drug-likeness (QED) is 0.422. The second kappa shape index (κ2) is 9.79. The van der Waals surface area contributed by atoms with Gasteiger partial charge in [-0.05, 0) is 61.7 Å². The summed E-state index contributed by atoms with van der Waals surface area (Å²) in [6.45, 7) is 6.64. The van der Waals surface area contributed by atoms with Crippen molar-refractivity contribution in [1.29, 1.82) is 0 Å². The van der Waals surface area contributed by atoms with Gasteiger partial charge in [0.1, 0.15) is 0 Å². The van der Waals surface area contributed by atoms with Crippen LogP contribution in [0.25, 0.3) is 5.69 Å². The molecule has 0 bridgehead atoms. The molecule has 0 saturated carbocycles. The average Bonchev–Trinajstić information content (AvgIpc) is 3.22. The molecule has 8 heteroatoms. The predicted octanol–water partition coefficient (Wildman–Crippen LogP) is 3.53. The Morgan fingerprint density at radius 1 is 0.941 bits per heavy atom. The highest BCUT2D eigenvalue weighted by atomic mass is 32.2. The number of nitrogens with one attached hydrogen (secondary N) is 1. The molecule has 0 amide bonds. The van der Waals surface area contributed by atoms with E-state index in [2.05, 4.69) is 40.9 Å². The van der Waals surface area contributed by atoms with Gasteiger partial charge in [-0.25, -0.2) is 18.1 Å². The molecule has 0 fully saturated rings. The molecular formula is C26H28N4O3S. The third-order valence-electron chi connectivity index (χ3n) is 5.76. The number of aryl methyl sites for hydroxylation is 3. The summed E-state index contributed by atoms with van der Waals surface area (Å²) in [5.41, 5.74) is 5.40. The zero-order valence-electron chi connectivity index (χ0n) is 19.5. The number of imidazole rings is 1. The minimum atomic E-state index is -3.70. The molecule has 0 unspecified atom stereocenters. The number of hydrogen-bond donors (Lipinski definition) is 1. The minimum Gasteiger partial charge on any atom is -0.330 e. The lowest BCUT2D eigenvalue weighted by Gasteiger charge is -2.13.